The van der Waals surface area contributed by atoms with Gasteiger partial charge in [0.2, 0.25) is 17.7 Å². The van der Waals surface area contributed by atoms with E-state index in [9.17, 15) is 23.2 Å². The Kier molecular flexibility index (Phi) is 14.0. The van der Waals surface area contributed by atoms with Crippen LogP contribution in [0.25, 0.3) is 33.4 Å². The van der Waals surface area contributed by atoms with Gasteiger partial charge in [-0.25, -0.2) is 18.7 Å². The highest BCUT2D eigenvalue weighted by Crippen LogP contribution is 2.38. The number of ether oxygens (including phenoxy) is 2. The molecule has 1 aliphatic heterocycles. The van der Waals surface area contributed by atoms with Crippen LogP contribution in [0.4, 0.5) is 14.5 Å². The number of nitrogens with one attached hydrogen (secondary N) is 2. The molecule has 2 saturated carbocycles. The summed E-state index contributed by atoms with van der Waals surface area (Å²) in [6, 6.07) is 13.4. The number of fused-ring (bicyclic) bond motifs is 3. The number of aromatic nitrogens is 6. The lowest BCUT2D eigenvalue weighted by Gasteiger charge is -2.28. The second-order valence-electron chi connectivity index (χ2n) is 17.8. The smallest absolute Gasteiger partial charge is 0.284 e. The van der Waals surface area contributed by atoms with Crippen LogP contribution >= 0.6 is 0 Å². The highest BCUT2D eigenvalue weighted by atomic mass is 19.3. The van der Waals surface area contributed by atoms with E-state index >= 15 is 0 Å². The van der Waals surface area contributed by atoms with E-state index in [0.717, 1.165) is 104 Å². The minimum Gasteiger partial charge on any atom is -0.444 e. The first-order valence-electron chi connectivity index (χ1n) is 23.2. The maximum Gasteiger partial charge on any atom is 0.284 e. The predicted octanol–water partition coefficient (Wildman–Crippen LogP) is 9.51. The van der Waals surface area contributed by atoms with E-state index in [1.807, 2.05) is 22.8 Å². The number of alkyl halides is 2. The van der Waals surface area contributed by atoms with Gasteiger partial charge in [-0.15, -0.1) is 0 Å². The van der Waals surface area contributed by atoms with E-state index in [4.69, 9.17) is 13.9 Å². The standard InChI is InChI=1S/C49H56F2N8O6/c50-45(51)44-39(54-47(61)40-30-65-49(55-40)34-20-22-52-35(28-34)14-10-32-8-9-32)29-58(57-44)36-15-11-31(12-16-36)5-1-2-23-63-25-26-64-24-4-6-33-13-17-41-38(27-33)37-7-3-21-53-46(37)59(41)42-18-19-43(60)56-48(42)62/h3,7,13,17,20-22,27-32,36,42,45H,1-2,4-6,8-12,14-16,18-19,23-26H2,(H,54,61)(H,56,60,62). The second kappa shape index (κ2) is 20.5. The van der Waals surface area contributed by atoms with Gasteiger partial charge in [-0.2, -0.15) is 5.10 Å². The van der Waals surface area contributed by atoms with E-state index < -0.39 is 24.1 Å². The molecule has 1 unspecified atom stereocenters. The van der Waals surface area contributed by atoms with E-state index in [2.05, 4.69) is 48.9 Å². The van der Waals surface area contributed by atoms with Crippen molar-refractivity contribution in [1.29, 1.82) is 0 Å². The van der Waals surface area contributed by atoms with Gasteiger partial charge >= 0.3 is 0 Å². The van der Waals surface area contributed by atoms with Gasteiger partial charge in [-0.05, 0) is 118 Å². The first kappa shape index (κ1) is 44.3. The van der Waals surface area contributed by atoms with Gasteiger partial charge in [0.25, 0.3) is 12.3 Å². The number of carbonyl (C=O) groups excluding carboxylic acids is 3. The first-order valence-corrected chi connectivity index (χ1v) is 23.2. The molecule has 0 radical (unpaired) electrons. The SMILES string of the molecule is O=C1CCC(n2c3ccc(CCCOCCOCCCCC4CCC(n5cc(NC(=O)c6coc(-c7ccnc(CCC8CC8)c7)n6)c(C(F)F)n5)CC4)cc3c3cccnc32)C(=O)N1. The largest absolute Gasteiger partial charge is 0.444 e. The molecule has 3 amide bonds. The quantitative estimate of drug-likeness (QED) is 0.0525. The van der Waals surface area contributed by atoms with Gasteiger partial charge in [0.15, 0.2) is 11.4 Å². The normalized spacial score (nSPS) is 19.1. The molecule has 14 nitrogen and oxygen atoms in total. The molecule has 0 bridgehead atoms. The molecule has 3 aliphatic rings. The van der Waals surface area contributed by atoms with Crippen LogP contribution in [-0.2, 0) is 31.9 Å². The fourth-order valence-electron chi connectivity index (χ4n) is 9.41. The van der Waals surface area contributed by atoms with Crippen molar-refractivity contribution in [2.45, 2.75) is 115 Å². The Bertz CT molecular complexity index is 2610. The number of amides is 3. The Labute approximate surface area is 375 Å². The summed E-state index contributed by atoms with van der Waals surface area (Å²) in [6.45, 7) is 2.39. The number of nitrogens with zero attached hydrogens (tertiary/aromatic N) is 6. The lowest BCUT2D eigenvalue weighted by atomic mass is 9.83. The second-order valence-corrected chi connectivity index (χ2v) is 17.8. The lowest BCUT2D eigenvalue weighted by molar-refractivity contribution is -0.135. The maximum atomic E-state index is 14.1. The van der Waals surface area contributed by atoms with Crippen molar-refractivity contribution in [1.82, 2.24) is 34.6 Å². The van der Waals surface area contributed by atoms with Gasteiger partial charge in [-0.3, -0.25) is 29.4 Å². The van der Waals surface area contributed by atoms with Crippen LogP contribution in [0.5, 0.6) is 0 Å². The number of hydrogen-bond donors (Lipinski definition) is 2. The van der Waals surface area contributed by atoms with Crippen LogP contribution in [0.2, 0.25) is 0 Å². The van der Waals surface area contributed by atoms with Crippen molar-refractivity contribution in [2.75, 3.05) is 31.7 Å². The molecule has 6 aromatic rings. The summed E-state index contributed by atoms with van der Waals surface area (Å²) < 4.78 is 49.1. The number of pyridine rings is 2. The molecule has 342 valence electrons. The van der Waals surface area contributed by atoms with Crippen molar-refractivity contribution >= 4 is 45.3 Å². The summed E-state index contributed by atoms with van der Waals surface area (Å²) >= 11 is 0. The zero-order chi connectivity index (χ0) is 44.7. The number of unbranched alkanes of at least 4 members (excludes halogenated alkanes) is 1. The molecule has 3 fully saturated rings. The van der Waals surface area contributed by atoms with Crippen LogP contribution in [-0.4, -0.2) is 73.4 Å². The van der Waals surface area contributed by atoms with Crippen molar-refractivity contribution in [3.8, 4) is 11.5 Å². The van der Waals surface area contributed by atoms with Crippen LogP contribution < -0.4 is 10.6 Å². The number of hydrogen-bond acceptors (Lipinski definition) is 10. The summed E-state index contributed by atoms with van der Waals surface area (Å²) in [5.41, 5.74) is 4.04. The third-order valence-corrected chi connectivity index (χ3v) is 13.1. The van der Waals surface area contributed by atoms with Gasteiger partial charge in [0.1, 0.15) is 18.0 Å². The number of piperidine rings is 1. The first-order chi connectivity index (χ1) is 31.8. The zero-order valence-corrected chi connectivity index (χ0v) is 36.6. The van der Waals surface area contributed by atoms with Gasteiger partial charge in [0.05, 0.1) is 30.5 Å². The molecule has 1 saturated heterocycles. The summed E-state index contributed by atoms with van der Waals surface area (Å²) in [4.78, 5) is 51.1. The van der Waals surface area contributed by atoms with Gasteiger partial charge in [0, 0.05) is 60.3 Å². The Morgan fingerprint density at radius 3 is 2.46 bits per heavy atom. The number of halogens is 2. The lowest BCUT2D eigenvalue weighted by Crippen LogP contribution is -2.41. The summed E-state index contributed by atoms with van der Waals surface area (Å²) in [7, 11) is 0. The molecule has 1 atom stereocenters. The molecule has 9 rings (SSSR count). The van der Waals surface area contributed by atoms with E-state index in [1.54, 1.807) is 23.1 Å². The highest BCUT2D eigenvalue weighted by molar-refractivity contribution is 6.09. The minimum atomic E-state index is -2.85. The Balaban J connectivity index is 0.652. The predicted molar refractivity (Wildman–Crippen MR) is 239 cm³/mol. The number of benzene rings is 1. The number of carbonyl (C=O) groups is 3. The molecular formula is C49H56F2N8O6. The number of aryl methyl sites for hydroxylation is 2. The minimum absolute atomic E-state index is 0.00249. The van der Waals surface area contributed by atoms with Crippen molar-refractivity contribution in [2.24, 2.45) is 11.8 Å². The summed E-state index contributed by atoms with van der Waals surface area (Å²) in [6.07, 6.45) is 17.1. The summed E-state index contributed by atoms with van der Waals surface area (Å²) in [5, 5.41) is 11.3. The average molecular weight is 891 g/mol. The molecule has 2 aliphatic carbocycles. The third-order valence-electron chi connectivity index (χ3n) is 13.1. The highest BCUT2D eigenvalue weighted by Gasteiger charge is 2.31. The molecule has 2 N–H and O–H groups in total. The van der Waals surface area contributed by atoms with Gasteiger partial charge < -0.3 is 23.8 Å². The van der Waals surface area contributed by atoms with Crippen LogP contribution in [0, 0.1) is 11.8 Å². The Morgan fingerprint density at radius 2 is 1.66 bits per heavy atom. The van der Waals surface area contributed by atoms with E-state index in [-0.39, 0.29) is 35.1 Å². The molecular weight excluding hydrogens is 835 g/mol. The number of rotatable bonds is 21. The number of imide groups is 1. The molecule has 6 heterocycles. The van der Waals surface area contributed by atoms with Crippen LogP contribution in [0.1, 0.15) is 129 Å². The molecule has 5 aromatic heterocycles. The van der Waals surface area contributed by atoms with Crippen molar-refractivity contribution in [3.63, 3.8) is 0 Å². The number of oxazole rings is 1. The fourth-order valence-corrected chi connectivity index (χ4v) is 9.41. The Hall–Kier alpha value is -5.87. The Morgan fingerprint density at radius 1 is 0.862 bits per heavy atom. The molecule has 1 aromatic carbocycles. The third kappa shape index (κ3) is 10.8. The fraction of sp³-hybridized carbons (Fsp3) is 0.490. The average Bonchev–Trinajstić information content (AvgIpc) is 3.68. The molecule has 65 heavy (non-hydrogen) atoms. The van der Waals surface area contributed by atoms with Crippen LogP contribution in [0.15, 0.2) is 71.7 Å². The zero-order valence-electron chi connectivity index (χ0n) is 36.6. The monoisotopic (exact) mass is 890 g/mol. The van der Waals surface area contributed by atoms with Crippen molar-refractivity contribution in [3.05, 3.63) is 90.0 Å². The van der Waals surface area contributed by atoms with Crippen LogP contribution in [0.3, 0.4) is 0 Å². The maximum absolute atomic E-state index is 14.1. The molecule has 16 heteroatoms. The van der Waals surface area contributed by atoms with E-state index in [0.29, 0.717) is 50.8 Å². The molecule has 0 spiro atoms. The summed E-state index contributed by atoms with van der Waals surface area (Å²) in [5.74, 6) is 0.465. The number of anilines is 1. The van der Waals surface area contributed by atoms with Crippen molar-refractivity contribution < 1.29 is 37.1 Å². The topological polar surface area (TPSA) is 168 Å². The van der Waals surface area contributed by atoms with Gasteiger partial charge in [-0.1, -0.05) is 31.7 Å². The van der Waals surface area contributed by atoms with E-state index in [1.165, 1.54) is 30.9 Å².